The van der Waals surface area contributed by atoms with Crippen LogP contribution in [0, 0.1) is 12.7 Å². The molecule has 0 fully saturated rings. The molecule has 0 saturated carbocycles. The number of nitrogens with zero attached hydrogens (tertiary/aromatic N) is 1. The van der Waals surface area contributed by atoms with Crippen LogP contribution in [-0.4, -0.2) is 17.1 Å². The second-order valence-corrected chi connectivity index (χ2v) is 6.22. The third-order valence-corrected chi connectivity index (χ3v) is 4.36. The van der Waals surface area contributed by atoms with E-state index in [4.69, 9.17) is 16.4 Å². The van der Waals surface area contributed by atoms with Crippen LogP contribution < -0.4 is 10.8 Å². The Morgan fingerprint density at radius 3 is 2.78 bits per heavy atom. The van der Waals surface area contributed by atoms with Gasteiger partial charge < -0.3 is 9.88 Å². The van der Waals surface area contributed by atoms with Gasteiger partial charge in [0.25, 0.3) is 5.91 Å². The fourth-order valence-electron chi connectivity index (χ4n) is 2.81. The first kappa shape index (κ1) is 21.0. The van der Waals surface area contributed by atoms with E-state index in [0.717, 1.165) is 16.8 Å². The molecule has 3 rings (SSSR count). The number of benzene rings is 1. The van der Waals surface area contributed by atoms with Crippen molar-refractivity contribution in [1.82, 2.24) is 15.4 Å². The molecule has 1 amide bonds. The minimum Gasteiger partial charge on any atom is -0.384 e. The van der Waals surface area contributed by atoms with Crippen molar-refractivity contribution in [3.63, 3.8) is 0 Å². The number of carbonyl (C=O) groups excluding carboxylic acids is 1. The summed E-state index contributed by atoms with van der Waals surface area (Å²) in [6, 6.07) is 6.76. The van der Waals surface area contributed by atoms with Gasteiger partial charge in [-0.05, 0) is 31.5 Å². The van der Waals surface area contributed by atoms with Crippen molar-refractivity contribution < 1.29 is 14.0 Å². The topological polar surface area (TPSA) is 55.3 Å². The smallest absolute Gasteiger partial charge is 0.291 e. The van der Waals surface area contributed by atoms with Crippen molar-refractivity contribution in [2.45, 2.75) is 40.8 Å². The second kappa shape index (κ2) is 9.58. The molecular weight excluding hydrogens is 369 g/mol. The van der Waals surface area contributed by atoms with Gasteiger partial charge in [0.05, 0.1) is 24.7 Å². The molecule has 146 valence electrons. The van der Waals surface area contributed by atoms with Crippen LogP contribution in [0.1, 0.15) is 53.6 Å². The molecular formula is C20H25ClFN3O2. The van der Waals surface area contributed by atoms with Gasteiger partial charge in [0.15, 0.2) is 0 Å². The molecule has 27 heavy (non-hydrogen) atoms. The first-order valence-electron chi connectivity index (χ1n) is 9.00. The number of fused-ring (bicyclic) bond motifs is 1. The molecule has 1 aromatic heterocycles. The standard InChI is InChI=1S/C18H19ClFN3O2.C2H6/c1-3-25-22-18(24)16-7-13-14(19)8-21-9-17(13)23(16)10-12-5-4-11(2)6-15(12)20;1-2/h4-8,21H,3,9-10H2,1-2H3,(H,22,24);1-2H3. The van der Waals surface area contributed by atoms with Crippen molar-refractivity contribution in [2.75, 3.05) is 6.61 Å². The van der Waals surface area contributed by atoms with Crippen molar-refractivity contribution >= 4 is 22.5 Å². The molecule has 2 N–H and O–H groups in total. The summed E-state index contributed by atoms with van der Waals surface area (Å²) in [6.45, 7) is 8.68. The molecule has 1 aliphatic heterocycles. The lowest BCUT2D eigenvalue weighted by atomic mass is 10.1. The zero-order chi connectivity index (χ0) is 20.0. The highest BCUT2D eigenvalue weighted by Gasteiger charge is 2.24. The van der Waals surface area contributed by atoms with Crippen molar-refractivity contribution in [3.05, 3.63) is 64.4 Å². The van der Waals surface area contributed by atoms with Gasteiger partial charge in [0.2, 0.25) is 0 Å². The van der Waals surface area contributed by atoms with Crippen LogP contribution in [0.15, 0.2) is 30.5 Å². The molecule has 0 unspecified atom stereocenters. The maximum Gasteiger partial charge on any atom is 0.291 e. The summed E-state index contributed by atoms with van der Waals surface area (Å²) >= 11 is 6.24. The van der Waals surface area contributed by atoms with E-state index in [1.165, 1.54) is 6.07 Å². The Hall–Kier alpha value is -2.31. The SMILES string of the molecule is CC.CCONC(=O)c1cc2c(n1Cc1ccc(C)cc1F)CNC=C2Cl. The molecule has 2 aromatic rings. The van der Waals surface area contributed by atoms with E-state index in [9.17, 15) is 9.18 Å². The van der Waals surface area contributed by atoms with E-state index in [1.807, 2.05) is 26.8 Å². The third-order valence-electron chi connectivity index (χ3n) is 4.04. The van der Waals surface area contributed by atoms with Crippen molar-refractivity contribution in [2.24, 2.45) is 0 Å². The van der Waals surface area contributed by atoms with E-state index in [2.05, 4.69) is 10.8 Å². The molecule has 5 nitrogen and oxygen atoms in total. The van der Waals surface area contributed by atoms with Gasteiger partial charge in [-0.1, -0.05) is 37.6 Å². The lowest BCUT2D eigenvalue weighted by Gasteiger charge is -2.17. The normalized spacial score (nSPS) is 12.3. The predicted molar refractivity (Wildman–Crippen MR) is 106 cm³/mol. The molecule has 2 heterocycles. The number of aryl methyl sites for hydroxylation is 1. The summed E-state index contributed by atoms with van der Waals surface area (Å²) in [5, 5.41) is 3.57. The van der Waals surface area contributed by atoms with Crippen LogP contribution in [0.2, 0.25) is 0 Å². The fourth-order valence-corrected chi connectivity index (χ4v) is 3.05. The Bertz CT molecular complexity index is 846. The van der Waals surface area contributed by atoms with E-state index in [1.54, 1.807) is 29.8 Å². The van der Waals surface area contributed by atoms with E-state index in [0.29, 0.717) is 29.4 Å². The number of hydrogen-bond donors (Lipinski definition) is 2. The quantitative estimate of drug-likeness (QED) is 0.743. The number of aromatic nitrogens is 1. The van der Waals surface area contributed by atoms with Gasteiger partial charge in [-0.2, -0.15) is 0 Å². The zero-order valence-corrected chi connectivity index (χ0v) is 16.8. The van der Waals surface area contributed by atoms with Crippen LogP contribution in [0.5, 0.6) is 0 Å². The minimum atomic E-state index is -0.395. The van der Waals surface area contributed by atoms with Crippen LogP contribution in [-0.2, 0) is 17.9 Å². The predicted octanol–water partition coefficient (Wildman–Crippen LogP) is 4.33. The number of carbonyl (C=O) groups is 1. The van der Waals surface area contributed by atoms with E-state index < -0.39 is 5.91 Å². The summed E-state index contributed by atoms with van der Waals surface area (Å²) in [5.41, 5.74) is 5.69. The monoisotopic (exact) mass is 393 g/mol. The minimum absolute atomic E-state index is 0.224. The van der Waals surface area contributed by atoms with Crippen LogP contribution in [0.3, 0.4) is 0 Å². The number of amides is 1. The Kier molecular flexibility index (Phi) is 7.45. The van der Waals surface area contributed by atoms with Gasteiger partial charge in [-0.25, -0.2) is 9.87 Å². The first-order chi connectivity index (χ1) is 13.0. The maximum absolute atomic E-state index is 14.3. The highest BCUT2D eigenvalue weighted by atomic mass is 35.5. The molecule has 0 aliphatic carbocycles. The first-order valence-corrected chi connectivity index (χ1v) is 9.38. The zero-order valence-electron chi connectivity index (χ0n) is 16.0. The second-order valence-electron chi connectivity index (χ2n) is 5.81. The number of nitrogens with one attached hydrogen (secondary N) is 2. The Labute approximate surface area is 164 Å². The Morgan fingerprint density at radius 1 is 1.37 bits per heavy atom. The average molecular weight is 394 g/mol. The average Bonchev–Trinajstić information content (AvgIpc) is 3.04. The third kappa shape index (κ3) is 4.70. The summed E-state index contributed by atoms with van der Waals surface area (Å²) < 4.78 is 16.1. The van der Waals surface area contributed by atoms with Crippen LogP contribution >= 0.6 is 11.6 Å². The molecule has 1 aliphatic rings. The largest absolute Gasteiger partial charge is 0.384 e. The van der Waals surface area contributed by atoms with Crippen LogP contribution in [0.25, 0.3) is 5.03 Å². The van der Waals surface area contributed by atoms with Crippen LogP contribution in [0.4, 0.5) is 4.39 Å². The number of hydrogen-bond acceptors (Lipinski definition) is 3. The Morgan fingerprint density at radius 2 is 2.11 bits per heavy atom. The molecule has 0 radical (unpaired) electrons. The number of hydroxylamine groups is 1. The molecule has 0 bridgehead atoms. The lowest BCUT2D eigenvalue weighted by molar-refractivity contribution is 0.0356. The highest BCUT2D eigenvalue weighted by molar-refractivity contribution is 6.49. The lowest BCUT2D eigenvalue weighted by Crippen LogP contribution is -2.27. The van der Waals surface area contributed by atoms with Gasteiger partial charge in [-0.3, -0.25) is 9.63 Å². The molecule has 0 saturated heterocycles. The van der Waals surface area contributed by atoms with Gasteiger partial charge in [0, 0.05) is 23.0 Å². The van der Waals surface area contributed by atoms with E-state index in [-0.39, 0.29) is 12.4 Å². The fraction of sp³-hybridized carbons (Fsp3) is 0.350. The number of halogens is 2. The van der Waals surface area contributed by atoms with Gasteiger partial charge in [0.1, 0.15) is 11.5 Å². The van der Waals surface area contributed by atoms with Crippen molar-refractivity contribution in [1.29, 1.82) is 0 Å². The summed E-state index contributed by atoms with van der Waals surface area (Å²) in [5.74, 6) is -0.697. The molecule has 1 aromatic carbocycles. The molecule has 0 atom stereocenters. The maximum atomic E-state index is 14.3. The summed E-state index contributed by atoms with van der Waals surface area (Å²) in [4.78, 5) is 17.4. The van der Waals surface area contributed by atoms with Crippen molar-refractivity contribution in [3.8, 4) is 0 Å². The molecule has 7 heteroatoms. The summed E-state index contributed by atoms with van der Waals surface area (Å²) in [6.07, 6.45) is 1.69. The van der Waals surface area contributed by atoms with Gasteiger partial charge in [-0.15, -0.1) is 0 Å². The van der Waals surface area contributed by atoms with E-state index >= 15 is 0 Å². The number of rotatable bonds is 5. The summed E-state index contributed by atoms with van der Waals surface area (Å²) in [7, 11) is 0. The van der Waals surface area contributed by atoms with Gasteiger partial charge >= 0.3 is 0 Å². The Balaban J connectivity index is 0.00000126. The molecule has 0 spiro atoms. The highest BCUT2D eigenvalue weighted by Crippen LogP contribution is 2.30.